The molecule has 130 valence electrons. The van der Waals surface area contributed by atoms with Gasteiger partial charge in [-0.15, -0.1) is 0 Å². The number of aromatic nitrogens is 3. The molecule has 2 heterocycles. The third-order valence-corrected chi connectivity index (χ3v) is 5.95. The highest BCUT2D eigenvalue weighted by Gasteiger charge is 2.39. The minimum atomic E-state index is -0.534. The van der Waals surface area contributed by atoms with E-state index in [2.05, 4.69) is 10.3 Å². The first-order chi connectivity index (χ1) is 12.6. The number of hydrogen-bond donors (Lipinski definition) is 1. The maximum Gasteiger partial charge on any atom is 0.345 e. The molecule has 1 aromatic carbocycles. The highest BCUT2D eigenvalue weighted by Crippen LogP contribution is 2.51. The van der Waals surface area contributed by atoms with Crippen molar-refractivity contribution in [1.82, 2.24) is 15.0 Å². The summed E-state index contributed by atoms with van der Waals surface area (Å²) in [4.78, 5) is 36.0. The van der Waals surface area contributed by atoms with Gasteiger partial charge in [-0.25, -0.2) is 15.0 Å². The first kappa shape index (κ1) is 15.3. The number of nitrogens with one attached hydrogen (secondary N) is 1. The van der Waals surface area contributed by atoms with Crippen LogP contribution in [0.25, 0.3) is 11.0 Å². The van der Waals surface area contributed by atoms with E-state index in [9.17, 15) is 14.9 Å². The summed E-state index contributed by atoms with van der Waals surface area (Å²) in [5.74, 6) is 0.663. The fourth-order valence-electron chi connectivity index (χ4n) is 3.88. The molecule has 5 rings (SSSR count). The second kappa shape index (κ2) is 5.53. The van der Waals surface area contributed by atoms with Gasteiger partial charge >= 0.3 is 5.00 Å². The predicted octanol–water partition coefficient (Wildman–Crippen LogP) is 3.61. The van der Waals surface area contributed by atoms with Crippen LogP contribution in [-0.4, -0.2) is 25.8 Å². The third-order valence-electron chi connectivity index (χ3n) is 5.08. The summed E-state index contributed by atoms with van der Waals surface area (Å²) < 4.78 is 0. The lowest BCUT2D eigenvalue weighted by Crippen LogP contribution is -2.12. The van der Waals surface area contributed by atoms with Crippen molar-refractivity contribution >= 4 is 38.4 Å². The summed E-state index contributed by atoms with van der Waals surface area (Å²) in [7, 11) is 0. The molecule has 0 saturated heterocycles. The van der Waals surface area contributed by atoms with Crippen LogP contribution in [0.3, 0.4) is 0 Å². The Bertz CT molecular complexity index is 1080. The normalized spacial score (nSPS) is 20.3. The van der Waals surface area contributed by atoms with E-state index in [0.29, 0.717) is 22.9 Å². The number of fused-ring (bicyclic) bond motifs is 6. The second-order valence-electron chi connectivity index (χ2n) is 6.62. The summed E-state index contributed by atoms with van der Waals surface area (Å²) in [6.07, 6.45) is 4.63. The number of anilines is 1. The Balaban J connectivity index is 1.45. The molecule has 26 heavy (non-hydrogen) atoms. The van der Waals surface area contributed by atoms with Gasteiger partial charge in [0.1, 0.15) is 6.20 Å². The number of benzene rings is 1. The first-order valence-corrected chi connectivity index (χ1v) is 9.13. The van der Waals surface area contributed by atoms with Crippen molar-refractivity contribution in [3.63, 3.8) is 0 Å². The third kappa shape index (κ3) is 2.35. The topological polar surface area (TPSA) is 111 Å². The molecule has 3 aromatic rings. The van der Waals surface area contributed by atoms with Crippen molar-refractivity contribution in [2.45, 2.75) is 31.1 Å². The molecule has 0 aliphatic heterocycles. The Hall–Kier alpha value is -2.94. The molecular weight excluding hydrogens is 354 g/mol. The lowest BCUT2D eigenvalue weighted by molar-refractivity contribution is -0.380. The standard InChI is InChI=1S/C17H13N5O3S/c23-16(21-17-18-7-13(26-17)22(24)25)10-3-4-11-12(6-10)20-15-9-2-1-8(5-9)14(15)19-11/h3-4,6-9H,1-2,5H2,(H,18,21,23). The van der Waals surface area contributed by atoms with Crippen molar-refractivity contribution in [2.75, 3.05) is 5.32 Å². The van der Waals surface area contributed by atoms with Gasteiger partial charge in [0.2, 0.25) is 0 Å². The molecule has 8 nitrogen and oxygen atoms in total. The van der Waals surface area contributed by atoms with Gasteiger partial charge in [-0.1, -0.05) is 0 Å². The summed E-state index contributed by atoms with van der Waals surface area (Å²) >= 11 is 0.822. The molecular formula is C17H13N5O3S. The molecule has 0 radical (unpaired) electrons. The van der Waals surface area contributed by atoms with Gasteiger partial charge in [-0.05, 0) is 48.8 Å². The molecule has 2 bridgehead atoms. The zero-order valence-electron chi connectivity index (χ0n) is 13.5. The molecule has 2 aromatic heterocycles. The fourth-order valence-corrected chi connectivity index (χ4v) is 4.51. The van der Waals surface area contributed by atoms with Gasteiger partial charge in [-0.2, -0.15) is 0 Å². The van der Waals surface area contributed by atoms with E-state index < -0.39 is 4.92 Å². The Labute approximate surface area is 151 Å². The molecule has 1 saturated carbocycles. The highest BCUT2D eigenvalue weighted by atomic mass is 32.1. The van der Waals surface area contributed by atoms with Crippen LogP contribution in [0.4, 0.5) is 10.1 Å². The Kier molecular flexibility index (Phi) is 3.26. The molecule has 1 fully saturated rings. The minimum absolute atomic E-state index is 0.115. The van der Waals surface area contributed by atoms with Crippen LogP contribution in [0, 0.1) is 10.1 Å². The van der Waals surface area contributed by atoms with Gasteiger partial charge in [0.25, 0.3) is 5.91 Å². The molecule has 2 atom stereocenters. The monoisotopic (exact) mass is 367 g/mol. The quantitative estimate of drug-likeness (QED) is 0.559. The zero-order chi connectivity index (χ0) is 17.8. The summed E-state index contributed by atoms with van der Waals surface area (Å²) in [6, 6.07) is 5.20. The number of rotatable bonds is 3. The van der Waals surface area contributed by atoms with E-state index in [1.165, 1.54) is 12.8 Å². The maximum absolute atomic E-state index is 12.4. The largest absolute Gasteiger partial charge is 0.345 e. The number of amides is 1. The van der Waals surface area contributed by atoms with Crippen LogP contribution in [0.5, 0.6) is 0 Å². The maximum atomic E-state index is 12.4. The van der Waals surface area contributed by atoms with Gasteiger partial charge in [0, 0.05) is 17.4 Å². The summed E-state index contributed by atoms with van der Waals surface area (Å²) in [6.45, 7) is 0. The number of nitro groups is 1. The molecule has 1 N–H and O–H groups in total. The number of carbonyl (C=O) groups excluding carboxylic acids is 1. The number of carbonyl (C=O) groups is 1. The van der Waals surface area contributed by atoms with E-state index in [-0.39, 0.29) is 16.0 Å². The van der Waals surface area contributed by atoms with Crippen LogP contribution < -0.4 is 5.32 Å². The number of thiazole rings is 1. The highest BCUT2D eigenvalue weighted by molar-refractivity contribution is 7.18. The van der Waals surface area contributed by atoms with Crippen LogP contribution >= 0.6 is 11.3 Å². The van der Waals surface area contributed by atoms with Crippen molar-refractivity contribution < 1.29 is 9.72 Å². The van der Waals surface area contributed by atoms with Crippen LogP contribution in [-0.2, 0) is 0 Å². The SMILES string of the molecule is O=C(Nc1ncc([N+](=O)[O-])s1)c1ccc2nc3c(nc2c1)C1CCC3C1. The molecule has 1 amide bonds. The molecule has 0 spiro atoms. The van der Waals surface area contributed by atoms with E-state index in [0.717, 1.165) is 40.9 Å². The second-order valence-corrected chi connectivity index (χ2v) is 7.63. The minimum Gasteiger partial charge on any atom is -0.298 e. The van der Waals surface area contributed by atoms with Gasteiger partial charge < -0.3 is 0 Å². The van der Waals surface area contributed by atoms with Crippen molar-refractivity contribution in [3.05, 3.63) is 51.5 Å². The van der Waals surface area contributed by atoms with Crippen LogP contribution in [0.2, 0.25) is 0 Å². The Morgan fingerprint density at radius 2 is 1.92 bits per heavy atom. The van der Waals surface area contributed by atoms with Gasteiger partial charge in [-0.3, -0.25) is 20.2 Å². The zero-order valence-corrected chi connectivity index (χ0v) is 14.3. The summed E-state index contributed by atoms with van der Waals surface area (Å²) in [5, 5.41) is 13.4. The summed E-state index contributed by atoms with van der Waals surface area (Å²) in [5.41, 5.74) is 4.13. The first-order valence-electron chi connectivity index (χ1n) is 8.31. The van der Waals surface area contributed by atoms with Crippen molar-refractivity contribution in [2.24, 2.45) is 0 Å². The molecule has 2 aliphatic rings. The fraction of sp³-hybridized carbons (Fsp3) is 0.294. The molecule has 9 heteroatoms. The van der Waals surface area contributed by atoms with Crippen molar-refractivity contribution in [1.29, 1.82) is 0 Å². The lowest BCUT2D eigenvalue weighted by atomic mass is 10.00. The Morgan fingerprint density at radius 1 is 1.19 bits per heavy atom. The van der Waals surface area contributed by atoms with Crippen molar-refractivity contribution in [3.8, 4) is 0 Å². The van der Waals surface area contributed by atoms with E-state index in [1.54, 1.807) is 18.2 Å². The molecule has 2 aliphatic carbocycles. The van der Waals surface area contributed by atoms with Crippen LogP contribution in [0.1, 0.15) is 52.8 Å². The van der Waals surface area contributed by atoms with Gasteiger partial charge in [0.05, 0.1) is 27.3 Å². The van der Waals surface area contributed by atoms with E-state index in [4.69, 9.17) is 9.97 Å². The smallest absolute Gasteiger partial charge is 0.298 e. The van der Waals surface area contributed by atoms with Gasteiger partial charge in [0.15, 0.2) is 5.13 Å². The number of hydrogen-bond acceptors (Lipinski definition) is 7. The average molecular weight is 367 g/mol. The molecule has 2 unspecified atom stereocenters. The van der Waals surface area contributed by atoms with E-state index >= 15 is 0 Å². The lowest BCUT2D eigenvalue weighted by Gasteiger charge is -2.14. The number of nitrogens with zero attached hydrogens (tertiary/aromatic N) is 4. The van der Waals surface area contributed by atoms with E-state index in [1.807, 2.05) is 0 Å². The Morgan fingerprint density at radius 3 is 2.62 bits per heavy atom. The van der Waals surface area contributed by atoms with Crippen LogP contribution in [0.15, 0.2) is 24.4 Å². The average Bonchev–Trinajstić information content (AvgIpc) is 3.36. The predicted molar refractivity (Wildman–Crippen MR) is 95.6 cm³/mol.